The van der Waals surface area contributed by atoms with Gasteiger partial charge in [0.2, 0.25) is 0 Å². The second-order valence-corrected chi connectivity index (χ2v) is 7.96. The lowest BCUT2D eigenvalue weighted by molar-refractivity contribution is -0.144. The maximum atomic E-state index is 11.5. The highest BCUT2D eigenvalue weighted by atomic mass is 32.2. The third-order valence-corrected chi connectivity index (χ3v) is 4.76. The molecule has 0 aromatic heterocycles. The van der Waals surface area contributed by atoms with E-state index in [1.54, 1.807) is 6.92 Å². The molecule has 0 amide bonds. The van der Waals surface area contributed by atoms with E-state index >= 15 is 0 Å². The number of hydrogen-bond acceptors (Lipinski definition) is 4. The van der Waals surface area contributed by atoms with Crippen LogP contribution in [0.25, 0.3) is 0 Å². The van der Waals surface area contributed by atoms with Gasteiger partial charge in [0.15, 0.2) is 0 Å². The molecule has 0 aromatic rings. The first-order valence-corrected chi connectivity index (χ1v) is 10.6. The van der Waals surface area contributed by atoms with Gasteiger partial charge in [-0.2, -0.15) is 8.42 Å². The standard InChI is InChI=1S/C17H34O5S/c1-3-4-5-6-7-8-9-10-11-12-13-22-17(18)14-16(2)15-23(19,20)21/h16H,3-15H2,1-2H3,(H,19,20,21). The first-order valence-electron chi connectivity index (χ1n) is 8.96. The van der Waals surface area contributed by atoms with E-state index in [0.29, 0.717) is 6.61 Å². The fraction of sp³-hybridized carbons (Fsp3) is 0.941. The summed E-state index contributed by atoms with van der Waals surface area (Å²) in [5.74, 6) is -1.22. The zero-order valence-electron chi connectivity index (χ0n) is 14.8. The predicted molar refractivity (Wildman–Crippen MR) is 93.0 cm³/mol. The molecular weight excluding hydrogens is 316 g/mol. The van der Waals surface area contributed by atoms with Crippen molar-refractivity contribution in [3.63, 3.8) is 0 Å². The van der Waals surface area contributed by atoms with Crippen LogP contribution in [-0.4, -0.2) is 31.3 Å². The molecule has 0 radical (unpaired) electrons. The van der Waals surface area contributed by atoms with Crippen molar-refractivity contribution in [2.24, 2.45) is 5.92 Å². The van der Waals surface area contributed by atoms with Crippen LogP contribution in [0.2, 0.25) is 0 Å². The van der Waals surface area contributed by atoms with E-state index in [-0.39, 0.29) is 6.42 Å². The summed E-state index contributed by atoms with van der Waals surface area (Å²) >= 11 is 0. The van der Waals surface area contributed by atoms with E-state index < -0.39 is 27.8 Å². The van der Waals surface area contributed by atoms with Crippen LogP contribution in [-0.2, 0) is 19.6 Å². The first kappa shape index (κ1) is 22.4. The number of rotatable bonds is 15. The summed E-state index contributed by atoms with van der Waals surface area (Å²) < 4.78 is 35.2. The van der Waals surface area contributed by atoms with Gasteiger partial charge in [-0.15, -0.1) is 0 Å². The number of ether oxygens (including phenoxy) is 1. The number of carbonyl (C=O) groups excluding carboxylic acids is 1. The van der Waals surface area contributed by atoms with E-state index in [0.717, 1.165) is 12.8 Å². The van der Waals surface area contributed by atoms with Gasteiger partial charge in [0, 0.05) is 6.42 Å². The van der Waals surface area contributed by atoms with Crippen LogP contribution in [0.15, 0.2) is 0 Å². The third kappa shape index (κ3) is 17.6. The molecule has 5 nitrogen and oxygen atoms in total. The van der Waals surface area contributed by atoms with Crippen LogP contribution in [0.4, 0.5) is 0 Å². The fourth-order valence-corrected chi connectivity index (χ4v) is 3.37. The second kappa shape index (κ2) is 13.8. The molecule has 0 saturated heterocycles. The summed E-state index contributed by atoms with van der Waals surface area (Å²) in [5.41, 5.74) is 0. The topological polar surface area (TPSA) is 80.7 Å². The molecule has 0 rings (SSSR count). The Hall–Kier alpha value is -0.620. The van der Waals surface area contributed by atoms with E-state index in [4.69, 9.17) is 9.29 Å². The minimum Gasteiger partial charge on any atom is -0.466 e. The number of hydrogen-bond donors (Lipinski definition) is 1. The summed E-state index contributed by atoms with van der Waals surface area (Å²) in [6.45, 7) is 4.23. The molecule has 0 aromatic carbocycles. The number of esters is 1. The predicted octanol–water partition coefficient (Wildman–Crippen LogP) is 4.36. The molecular formula is C17H34O5S. The van der Waals surface area contributed by atoms with Gasteiger partial charge in [0.25, 0.3) is 10.1 Å². The average Bonchev–Trinajstić information content (AvgIpc) is 2.42. The Bertz CT molecular complexity index is 392. The number of carbonyl (C=O) groups is 1. The van der Waals surface area contributed by atoms with E-state index in [9.17, 15) is 13.2 Å². The van der Waals surface area contributed by atoms with Gasteiger partial charge in [0.05, 0.1) is 12.4 Å². The van der Waals surface area contributed by atoms with Crippen molar-refractivity contribution < 1.29 is 22.5 Å². The summed E-state index contributed by atoms with van der Waals surface area (Å²) in [4.78, 5) is 11.5. The van der Waals surface area contributed by atoms with Gasteiger partial charge in [-0.05, 0) is 12.3 Å². The lowest BCUT2D eigenvalue weighted by Crippen LogP contribution is -2.17. The van der Waals surface area contributed by atoms with Crippen LogP contribution in [0.5, 0.6) is 0 Å². The Morgan fingerprint density at radius 2 is 1.43 bits per heavy atom. The molecule has 0 fully saturated rings. The molecule has 138 valence electrons. The maximum Gasteiger partial charge on any atom is 0.306 e. The normalized spacial score (nSPS) is 13.0. The minimum atomic E-state index is -4.02. The first-order chi connectivity index (χ1) is 10.8. The molecule has 0 aliphatic rings. The molecule has 1 unspecified atom stereocenters. The van der Waals surface area contributed by atoms with E-state index in [1.807, 2.05) is 0 Å². The van der Waals surface area contributed by atoms with Gasteiger partial charge in [-0.3, -0.25) is 9.35 Å². The summed E-state index contributed by atoms with van der Waals surface area (Å²) in [7, 11) is -4.02. The molecule has 23 heavy (non-hydrogen) atoms. The number of unbranched alkanes of at least 4 members (excludes halogenated alkanes) is 9. The highest BCUT2D eigenvalue weighted by Crippen LogP contribution is 2.11. The fourth-order valence-electron chi connectivity index (χ4n) is 2.54. The molecule has 0 heterocycles. The van der Waals surface area contributed by atoms with Crippen LogP contribution >= 0.6 is 0 Å². The van der Waals surface area contributed by atoms with Gasteiger partial charge < -0.3 is 4.74 Å². The summed E-state index contributed by atoms with van der Waals surface area (Å²) in [6.07, 6.45) is 12.3. The Kier molecular flexibility index (Phi) is 13.4. The highest BCUT2D eigenvalue weighted by molar-refractivity contribution is 7.85. The molecule has 0 bridgehead atoms. The van der Waals surface area contributed by atoms with Crippen molar-refractivity contribution in [3.05, 3.63) is 0 Å². The Morgan fingerprint density at radius 1 is 0.957 bits per heavy atom. The molecule has 0 aliphatic heterocycles. The maximum absolute atomic E-state index is 11.5. The van der Waals surface area contributed by atoms with Gasteiger partial charge in [0.1, 0.15) is 0 Å². The second-order valence-electron chi connectivity index (χ2n) is 6.46. The van der Waals surface area contributed by atoms with Crippen LogP contribution in [0.3, 0.4) is 0 Å². The Labute approximate surface area is 141 Å². The lowest BCUT2D eigenvalue weighted by Gasteiger charge is -2.09. The lowest BCUT2D eigenvalue weighted by atomic mass is 10.1. The average molecular weight is 351 g/mol. The quantitative estimate of drug-likeness (QED) is 0.269. The van der Waals surface area contributed by atoms with Crippen molar-refractivity contribution >= 4 is 16.1 Å². The van der Waals surface area contributed by atoms with Gasteiger partial charge in [-0.25, -0.2) is 0 Å². The third-order valence-electron chi connectivity index (χ3n) is 3.77. The smallest absolute Gasteiger partial charge is 0.306 e. The zero-order valence-corrected chi connectivity index (χ0v) is 15.6. The van der Waals surface area contributed by atoms with Crippen molar-refractivity contribution in [2.45, 2.75) is 84.5 Å². The Balaban J connectivity index is 3.39. The largest absolute Gasteiger partial charge is 0.466 e. The summed E-state index contributed by atoms with van der Waals surface area (Å²) in [5, 5.41) is 0. The minimum absolute atomic E-state index is 0.0253. The van der Waals surface area contributed by atoms with Gasteiger partial charge >= 0.3 is 5.97 Å². The van der Waals surface area contributed by atoms with Crippen LogP contribution < -0.4 is 0 Å². The van der Waals surface area contributed by atoms with Crippen molar-refractivity contribution in [3.8, 4) is 0 Å². The molecule has 1 N–H and O–H groups in total. The zero-order chi connectivity index (χ0) is 17.6. The van der Waals surface area contributed by atoms with Gasteiger partial charge in [-0.1, -0.05) is 71.6 Å². The summed E-state index contributed by atoms with van der Waals surface area (Å²) in [6, 6.07) is 0. The van der Waals surface area contributed by atoms with E-state index in [2.05, 4.69) is 6.92 Å². The molecule has 0 spiro atoms. The molecule has 0 aliphatic carbocycles. The SMILES string of the molecule is CCCCCCCCCCCCOC(=O)CC(C)CS(=O)(=O)O. The molecule has 6 heteroatoms. The molecule has 1 atom stereocenters. The Morgan fingerprint density at radius 3 is 1.91 bits per heavy atom. The molecule has 0 saturated carbocycles. The van der Waals surface area contributed by atoms with Crippen LogP contribution in [0, 0.1) is 5.92 Å². The monoisotopic (exact) mass is 350 g/mol. The van der Waals surface area contributed by atoms with Crippen molar-refractivity contribution in [1.82, 2.24) is 0 Å². The van der Waals surface area contributed by atoms with E-state index in [1.165, 1.54) is 51.4 Å². The highest BCUT2D eigenvalue weighted by Gasteiger charge is 2.16. The van der Waals surface area contributed by atoms with Crippen molar-refractivity contribution in [2.75, 3.05) is 12.4 Å². The van der Waals surface area contributed by atoms with Crippen molar-refractivity contribution in [1.29, 1.82) is 0 Å². The van der Waals surface area contributed by atoms with Crippen LogP contribution in [0.1, 0.15) is 84.5 Å².